The monoisotopic (exact) mass is 351 g/mol. The summed E-state index contributed by atoms with van der Waals surface area (Å²) in [4.78, 5) is 46.7. The van der Waals surface area contributed by atoms with Gasteiger partial charge < -0.3 is 15.2 Å². The van der Waals surface area contributed by atoms with Gasteiger partial charge in [0, 0.05) is 12.1 Å². The Kier molecular flexibility index (Phi) is 5.20. The average molecular weight is 351 g/mol. The maximum atomic E-state index is 12.2. The first-order valence-electron chi connectivity index (χ1n) is 7.44. The molecule has 1 aliphatic heterocycles. The molecule has 0 aliphatic carbocycles. The van der Waals surface area contributed by atoms with Gasteiger partial charge in [-0.3, -0.25) is 24.6 Å². The minimum atomic E-state index is -1.19. The number of aliphatic carboxylic acids is 1. The fourth-order valence-electron chi connectivity index (χ4n) is 2.35. The number of carbonyl (C=O) groups excluding carboxylic acids is 2. The summed E-state index contributed by atoms with van der Waals surface area (Å²) in [5.74, 6) is -2.55. The molecule has 1 aliphatic rings. The number of hydrogen-bond acceptors (Lipinski definition) is 6. The number of nitrogens with one attached hydrogen (secondary N) is 1. The standard InChI is InChI=1S/C15H17N3O7/c1-8(2)14(15(21)22)16-12(19)6-17-10-5-9(18(23)24)3-4-11(10)25-7-13(17)20/h3-5,8,14H,6-7H2,1-2H3,(H,16,19)(H,21,22). The Balaban J connectivity index is 2.23. The van der Waals surface area contributed by atoms with Gasteiger partial charge in [-0.15, -0.1) is 0 Å². The van der Waals surface area contributed by atoms with Gasteiger partial charge in [0.2, 0.25) is 5.91 Å². The highest BCUT2D eigenvalue weighted by Gasteiger charge is 2.31. The fraction of sp³-hybridized carbons (Fsp3) is 0.400. The van der Waals surface area contributed by atoms with E-state index in [4.69, 9.17) is 9.84 Å². The third-order valence-electron chi connectivity index (χ3n) is 3.65. The number of nitro benzene ring substituents is 1. The molecule has 1 atom stereocenters. The maximum Gasteiger partial charge on any atom is 0.326 e. The van der Waals surface area contributed by atoms with Crippen LogP contribution in [0.15, 0.2) is 18.2 Å². The van der Waals surface area contributed by atoms with E-state index in [-0.39, 0.29) is 29.6 Å². The zero-order chi connectivity index (χ0) is 18.7. The van der Waals surface area contributed by atoms with Crippen molar-refractivity contribution >= 4 is 29.2 Å². The van der Waals surface area contributed by atoms with Crippen LogP contribution in [0.3, 0.4) is 0 Å². The molecule has 2 N–H and O–H groups in total. The highest BCUT2D eigenvalue weighted by atomic mass is 16.6. The summed E-state index contributed by atoms with van der Waals surface area (Å²) in [5, 5.41) is 22.4. The summed E-state index contributed by atoms with van der Waals surface area (Å²) in [6.45, 7) is 2.49. The Hall–Kier alpha value is -3.17. The normalized spacial score (nSPS) is 14.5. The molecule has 134 valence electrons. The van der Waals surface area contributed by atoms with Crippen molar-refractivity contribution < 1.29 is 29.2 Å². The summed E-state index contributed by atoms with van der Waals surface area (Å²) < 4.78 is 5.20. The number of nitrogens with zero attached hydrogens (tertiary/aromatic N) is 2. The zero-order valence-corrected chi connectivity index (χ0v) is 13.6. The van der Waals surface area contributed by atoms with E-state index in [0.717, 1.165) is 11.0 Å². The van der Waals surface area contributed by atoms with Gasteiger partial charge in [0.05, 0.1) is 10.6 Å². The average Bonchev–Trinajstić information content (AvgIpc) is 2.54. The minimum absolute atomic E-state index is 0.0945. The summed E-state index contributed by atoms with van der Waals surface area (Å²) in [6, 6.07) is 2.61. The van der Waals surface area contributed by atoms with Crippen molar-refractivity contribution in [3.63, 3.8) is 0 Å². The van der Waals surface area contributed by atoms with Crippen LogP contribution < -0.4 is 15.0 Å². The van der Waals surface area contributed by atoms with Crippen molar-refractivity contribution in [3.05, 3.63) is 28.3 Å². The summed E-state index contributed by atoms with van der Waals surface area (Å²) >= 11 is 0. The molecule has 10 nitrogen and oxygen atoms in total. The molecule has 0 saturated carbocycles. The Morgan fingerprint density at radius 2 is 2.12 bits per heavy atom. The van der Waals surface area contributed by atoms with Crippen molar-refractivity contribution in [3.8, 4) is 5.75 Å². The zero-order valence-electron chi connectivity index (χ0n) is 13.6. The molecule has 2 amide bonds. The van der Waals surface area contributed by atoms with Crippen molar-refractivity contribution in [1.82, 2.24) is 5.32 Å². The molecular weight excluding hydrogens is 334 g/mol. The van der Waals surface area contributed by atoms with Gasteiger partial charge in [-0.2, -0.15) is 0 Å². The third kappa shape index (κ3) is 4.03. The van der Waals surface area contributed by atoms with Gasteiger partial charge in [-0.05, 0) is 12.0 Å². The lowest BCUT2D eigenvalue weighted by molar-refractivity contribution is -0.384. The molecule has 0 saturated heterocycles. The van der Waals surface area contributed by atoms with E-state index in [1.54, 1.807) is 13.8 Å². The molecular formula is C15H17N3O7. The Bertz CT molecular complexity index is 732. The predicted octanol–water partition coefficient (Wildman–Crippen LogP) is 0.546. The number of rotatable bonds is 6. The van der Waals surface area contributed by atoms with Crippen LogP contribution >= 0.6 is 0 Å². The maximum absolute atomic E-state index is 12.2. The lowest BCUT2D eigenvalue weighted by Gasteiger charge is -2.29. The van der Waals surface area contributed by atoms with Gasteiger partial charge in [0.1, 0.15) is 18.3 Å². The number of amides is 2. The Morgan fingerprint density at radius 1 is 1.44 bits per heavy atom. The highest BCUT2D eigenvalue weighted by molar-refractivity contribution is 6.02. The lowest BCUT2D eigenvalue weighted by atomic mass is 10.0. The number of ether oxygens (including phenoxy) is 1. The molecule has 1 heterocycles. The molecule has 0 bridgehead atoms. The molecule has 2 rings (SSSR count). The number of anilines is 1. The highest BCUT2D eigenvalue weighted by Crippen LogP contribution is 2.35. The second-order valence-electron chi connectivity index (χ2n) is 5.81. The quantitative estimate of drug-likeness (QED) is 0.563. The minimum Gasteiger partial charge on any atom is -0.482 e. The first-order valence-corrected chi connectivity index (χ1v) is 7.44. The van der Waals surface area contributed by atoms with Crippen LogP contribution in [0, 0.1) is 16.0 Å². The number of non-ortho nitro benzene ring substituents is 1. The van der Waals surface area contributed by atoms with E-state index >= 15 is 0 Å². The molecule has 0 radical (unpaired) electrons. The van der Waals surface area contributed by atoms with Gasteiger partial charge in [-0.1, -0.05) is 13.8 Å². The van der Waals surface area contributed by atoms with Crippen molar-refractivity contribution in [2.45, 2.75) is 19.9 Å². The molecule has 0 fully saturated rings. The van der Waals surface area contributed by atoms with Crippen LogP contribution in [-0.2, 0) is 14.4 Å². The second-order valence-corrected chi connectivity index (χ2v) is 5.81. The number of carbonyl (C=O) groups is 3. The number of hydrogen-bond donors (Lipinski definition) is 2. The Labute approximate surface area is 142 Å². The molecule has 10 heteroatoms. The lowest BCUT2D eigenvalue weighted by Crippen LogP contribution is -2.50. The van der Waals surface area contributed by atoms with Gasteiger partial charge in [-0.25, -0.2) is 4.79 Å². The topological polar surface area (TPSA) is 139 Å². The van der Waals surface area contributed by atoms with Crippen LogP contribution in [0.5, 0.6) is 5.75 Å². The van der Waals surface area contributed by atoms with E-state index in [2.05, 4.69) is 5.32 Å². The van der Waals surface area contributed by atoms with E-state index in [9.17, 15) is 24.5 Å². The van der Waals surface area contributed by atoms with Crippen LogP contribution in [0.4, 0.5) is 11.4 Å². The van der Waals surface area contributed by atoms with Crippen molar-refractivity contribution in [2.24, 2.45) is 5.92 Å². The first kappa shape index (κ1) is 18.2. The van der Waals surface area contributed by atoms with Crippen molar-refractivity contribution in [2.75, 3.05) is 18.1 Å². The molecule has 1 aromatic rings. The molecule has 0 spiro atoms. The van der Waals surface area contributed by atoms with Crippen LogP contribution in [-0.4, -0.2) is 47.0 Å². The molecule has 1 aromatic carbocycles. The largest absolute Gasteiger partial charge is 0.482 e. The third-order valence-corrected chi connectivity index (χ3v) is 3.65. The smallest absolute Gasteiger partial charge is 0.326 e. The number of fused-ring (bicyclic) bond motifs is 1. The van der Waals surface area contributed by atoms with Crippen LogP contribution in [0.1, 0.15) is 13.8 Å². The number of nitro groups is 1. The van der Waals surface area contributed by atoms with E-state index in [1.807, 2.05) is 0 Å². The van der Waals surface area contributed by atoms with E-state index in [1.165, 1.54) is 12.1 Å². The Morgan fingerprint density at radius 3 is 2.68 bits per heavy atom. The summed E-state index contributed by atoms with van der Waals surface area (Å²) in [5.41, 5.74) is -0.162. The summed E-state index contributed by atoms with van der Waals surface area (Å²) in [7, 11) is 0. The molecule has 1 unspecified atom stereocenters. The second kappa shape index (κ2) is 7.16. The van der Waals surface area contributed by atoms with Crippen molar-refractivity contribution in [1.29, 1.82) is 0 Å². The number of carboxylic acid groups (broad SMARTS) is 1. The SMILES string of the molecule is CC(C)C(NC(=O)CN1C(=O)COc2ccc([N+](=O)[O-])cc21)C(=O)O. The molecule has 0 aromatic heterocycles. The predicted molar refractivity (Wildman–Crippen MR) is 85.3 cm³/mol. The van der Waals surface area contributed by atoms with Gasteiger partial charge in [0.15, 0.2) is 6.61 Å². The number of carboxylic acids is 1. The van der Waals surface area contributed by atoms with Gasteiger partial charge in [0.25, 0.3) is 11.6 Å². The fourth-order valence-corrected chi connectivity index (χ4v) is 2.35. The molecule has 25 heavy (non-hydrogen) atoms. The summed E-state index contributed by atoms with van der Waals surface area (Å²) in [6.07, 6.45) is 0. The van der Waals surface area contributed by atoms with E-state index < -0.39 is 35.3 Å². The van der Waals surface area contributed by atoms with Crippen LogP contribution in [0.2, 0.25) is 0 Å². The van der Waals surface area contributed by atoms with Gasteiger partial charge >= 0.3 is 5.97 Å². The van der Waals surface area contributed by atoms with Crippen LogP contribution in [0.25, 0.3) is 0 Å². The first-order chi connectivity index (χ1) is 11.7. The van der Waals surface area contributed by atoms with E-state index in [0.29, 0.717) is 0 Å². The number of benzene rings is 1.